The number of aryl methyl sites for hydroxylation is 1. The Hall–Kier alpha value is -0.370. The number of hydrogen-bond donors (Lipinski definition) is 0. The fourth-order valence-corrected chi connectivity index (χ4v) is 0.942. The lowest BCUT2D eigenvalue weighted by Crippen LogP contribution is -1.77. The van der Waals surface area contributed by atoms with Crippen LogP contribution in [0.15, 0.2) is 22.8 Å². The van der Waals surface area contributed by atoms with E-state index in [1.165, 1.54) is 0 Å². The van der Waals surface area contributed by atoms with Gasteiger partial charge in [-0.2, -0.15) is 0 Å². The molecule has 0 bridgehead atoms. The van der Waals surface area contributed by atoms with Crippen molar-refractivity contribution in [1.29, 1.82) is 0 Å². The summed E-state index contributed by atoms with van der Waals surface area (Å²) in [5, 5.41) is 0. The SMILES string of the molecule is C.Cc1cccc(Br)n1. The summed E-state index contributed by atoms with van der Waals surface area (Å²) in [6.45, 7) is 1.96. The number of hydrogen-bond acceptors (Lipinski definition) is 1. The third kappa shape index (κ3) is 2.61. The number of rotatable bonds is 0. The molecule has 50 valence electrons. The lowest BCUT2D eigenvalue weighted by Gasteiger charge is -1.88. The Morgan fingerprint density at radius 1 is 1.44 bits per heavy atom. The zero-order valence-electron chi connectivity index (χ0n) is 4.56. The van der Waals surface area contributed by atoms with Crippen LogP contribution in [0, 0.1) is 6.92 Å². The molecular formula is C7H10BrN. The van der Waals surface area contributed by atoms with Crippen LogP contribution in [0.5, 0.6) is 0 Å². The first-order valence-electron chi connectivity index (χ1n) is 2.38. The maximum atomic E-state index is 4.09. The quantitative estimate of drug-likeness (QED) is 0.570. The Balaban J connectivity index is 0.000000640. The van der Waals surface area contributed by atoms with Gasteiger partial charge in [-0.15, -0.1) is 0 Å². The molecule has 0 amide bonds. The zero-order chi connectivity index (χ0) is 5.98. The Labute approximate surface area is 64.3 Å². The molecule has 0 saturated carbocycles. The molecule has 1 aromatic heterocycles. The molecule has 0 radical (unpaired) electrons. The van der Waals surface area contributed by atoms with Gasteiger partial charge in [0, 0.05) is 5.69 Å². The van der Waals surface area contributed by atoms with E-state index in [0.29, 0.717) is 0 Å². The van der Waals surface area contributed by atoms with Crippen molar-refractivity contribution in [2.24, 2.45) is 0 Å². The van der Waals surface area contributed by atoms with Crippen molar-refractivity contribution in [3.63, 3.8) is 0 Å². The molecule has 0 spiro atoms. The van der Waals surface area contributed by atoms with E-state index in [1.54, 1.807) is 0 Å². The number of pyridine rings is 1. The molecule has 0 fully saturated rings. The van der Waals surface area contributed by atoms with Crippen molar-refractivity contribution < 1.29 is 0 Å². The maximum Gasteiger partial charge on any atom is 0.106 e. The van der Waals surface area contributed by atoms with Crippen LogP contribution in [0.3, 0.4) is 0 Å². The molecule has 1 heterocycles. The number of halogens is 1. The van der Waals surface area contributed by atoms with Crippen LogP contribution in [0.1, 0.15) is 13.1 Å². The van der Waals surface area contributed by atoms with Crippen LogP contribution < -0.4 is 0 Å². The van der Waals surface area contributed by atoms with Gasteiger partial charge in [-0.05, 0) is 35.0 Å². The number of aromatic nitrogens is 1. The highest BCUT2D eigenvalue weighted by molar-refractivity contribution is 9.10. The third-order valence-corrected chi connectivity index (χ3v) is 1.30. The van der Waals surface area contributed by atoms with Crippen molar-refractivity contribution in [2.45, 2.75) is 14.4 Å². The monoisotopic (exact) mass is 187 g/mol. The lowest BCUT2D eigenvalue weighted by molar-refractivity contribution is 1.17. The molecule has 9 heavy (non-hydrogen) atoms. The second-order valence-electron chi connectivity index (χ2n) is 1.60. The first kappa shape index (κ1) is 8.63. The number of nitrogens with zero attached hydrogens (tertiary/aromatic N) is 1. The fourth-order valence-electron chi connectivity index (χ4n) is 0.510. The minimum Gasteiger partial charge on any atom is -0.246 e. The first-order valence-corrected chi connectivity index (χ1v) is 3.17. The maximum absolute atomic E-state index is 4.09. The van der Waals surface area contributed by atoms with Crippen molar-refractivity contribution in [2.75, 3.05) is 0 Å². The van der Waals surface area contributed by atoms with E-state index in [2.05, 4.69) is 20.9 Å². The summed E-state index contributed by atoms with van der Waals surface area (Å²) in [5.74, 6) is 0. The molecule has 0 saturated heterocycles. The van der Waals surface area contributed by atoms with Gasteiger partial charge in [-0.25, -0.2) is 4.98 Å². The van der Waals surface area contributed by atoms with Crippen LogP contribution in [-0.4, -0.2) is 4.98 Å². The highest BCUT2D eigenvalue weighted by Crippen LogP contribution is 2.04. The summed E-state index contributed by atoms with van der Waals surface area (Å²) < 4.78 is 0.900. The van der Waals surface area contributed by atoms with Gasteiger partial charge in [0.25, 0.3) is 0 Å². The topological polar surface area (TPSA) is 12.9 Å². The molecule has 0 aliphatic rings. The van der Waals surface area contributed by atoms with Crippen LogP contribution in [0.2, 0.25) is 0 Å². The van der Waals surface area contributed by atoms with Crippen molar-refractivity contribution in [3.8, 4) is 0 Å². The van der Waals surface area contributed by atoms with E-state index in [0.717, 1.165) is 10.3 Å². The third-order valence-electron chi connectivity index (χ3n) is 0.854. The molecule has 1 rings (SSSR count). The molecule has 0 unspecified atom stereocenters. The smallest absolute Gasteiger partial charge is 0.106 e. The fraction of sp³-hybridized carbons (Fsp3) is 0.286. The largest absolute Gasteiger partial charge is 0.246 e. The van der Waals surface area contributed by atoms with E-state index in [-0.39, 0.29) is 7.43 Å². The van der Waals surface area contributed by atoms with Gasteiger partial charge in [-0.1, -0.05) is 13.5 Å². The molecular weight excluding hydrogens is 178 g/mol. The van der Waals surface area contributed by atoms with E-state index in [1.807, 2.05) is 25.1 Å². The van der Waals surface area contributed by atoms with Gasteiger partial charge < -0.3 is 0 Å². The molecule has 0 aromatic carbocycles. The van der Waals surface area contributed by atoms with E-state index in [4.69, 9.17) is 0 Å². The Morgan fingerprint density at radius 3 is 2.44 bits per heavy atom. The normalized spacial score (nSPS) is 8.22. The molecule has 0 N–H and O–H groups in total. The van der Waals surface area contributed by atoms with Crippen LogP contribution in [-0.2, 0) is 0 Å². The van der Waals surface area contributed by atoms with Gasteiger partial charge in [0.1, 0.15) is 4.60 Å². The highest BCUT2D eigenvalue weighted by atomic mass is 79.9. The average Bonchev–Trinajstić information content (AvgIpc) is 1.64. The average molecular weight is 188 g/mol. The predicted molar refractivity (Wildman–Crippen MR) is 43.4 cm³/mol. The first-order chi connectivity index (χ1) is 3.79. The van der Waals surface area contributed by atoms with Crippen LogP contribution in [0.4, 0.5) is 0 Å². The van der Waals surface area contributed by atoms with Gasteiger partial charge in [-0.3, -0.25) is 0 Å². The lowest BCUT2D eigenvalue weighted by atomic mass is 10.4. The van der Waals surface area contributed by atoms with E-state index < -0.39 is 0 Å². The van der Waals surface area contributed by atoms with Crippen LogP contribution >= 0.6 is 15.9 Å². The summed E-state index contributed by atoms with van der Waals surface area (Å²) in [6.07, 6.45) is 0. The minimum absolute atomic E-state index is 0. The molecule has 0 aliphatic carbocycles. The standard InChI is InChI=1S/C6H6BrN.CH4/c1-5-3-2-4-6(7)8-5;/h2-4H,1H3;1H4. The Morgan fingerprint density at radius 2 is 2.11 bits per heavy atom. The molecule has 0 aliphatic heterocycles. The van der Waals surface area contributed by atoms with Crippen molar-refractivity contribution in [1.82, 2.24) is 4.98 Å². The van der Waals surface area contributed by atoms with Gasteiger partial charge in [0.15, 0.2) is 0 Å². The summed E-state index contributed by atoms with van der Waals surface area (Å²) in [7, 11) is 0. The summed E-state index contributed by atoms with van der Waals surface area (Å²) in [6, 6.07) is 5.84. The van der Waals surface area contributed by atoms with Gasteiger partial charge in [0.05, 0.1) is 0 Å². The second-order valence-corrected chi connectivity index (χ2v) is 2.41. The van der Waals surface area contributed by atoms with Crippen molar-refractivity contribution >= 4 is 15.9 Å². The molecule has 1 nitrogen and oxygen atoms in total. The summed E-state index contributed by atoms with van der Waals surface area (Å²) >= 11 is 3.25. The Bertz CT molecular complexity index is 169. The predicted octanol–water partition coefficient (Wildman–Crippen LogP) is 2.79. The molecule has 2 heteroatoms. The minimum atomic E-state index is 0. The molecule has 1 aromatic rings. The summed E-state index contributed by atoms with van der Waals surface area (Å²) in [5.41, 5.74) is 1.04. The van der Waals surface area contributed by atoms with Crippen molar-refractivity contribution in [3.05, 3.63) is 28.5 Å². The molecule has 0 atom stereocenters. The van der Waals surface area contributed by atoms with Gasteiger partial charge in [0.2, 0.25) is 0 Å². The van der Waals surface area contributed by atoms with Gasteiger partial charge >= 0.3 is 0 Å². The zero-order valence-corrected chi connectivity index (χ0v) is 6.14. The highest BCUT2D eigenvalue weighted by Gasteiger charge is 1.83. The second kappa shape index (κ2) is 3.62. The van der Waals surface area contributed by atoms with E-state index in [9.17, 15) is 0 Å². The Kier molecular flexibility index (Phi) is 3.47. The summed E-state index contributed by atoms with van der Waals surface area (Å²) in [4.78, 5) is 4.09. The van der Waals surface area contributed by atoms with Crippen LogP contribution in [0.25, 0.3) is 0 Å². The van der Waals surface area contributed by atoms with E-state index >= 15 is 0 Å².